The van der Waals surface area contributed by atoms with Crippen LogP contribution in [-0.2, 0) is 6.61 Å². The van der Waals surface area contributed by atoms with Gasteiger partial charge in [-0.1, -0.05) is 34.8 Å². The molecule has 0 fully saturated rings. The van der Waals surface area contributed by atoms with Crippen molar-refractivity contribution < 1.29 is 9.47 Å². The number of hydrogen-bond acceptors (Lipinski definition) is 4. The van der Waals surface area contributed by atoms with Crippen molar-refractivity contribution in [1.82, 2.24) is 0 Å². The van der Waals surface area contributed by atoms with Crippen LogP contribution in [0.1, 0.15) is 11.1 Å². The third-order valence-electron chi connectivity index (χ3n) is 3.04. The molecule has 0 saturated heterocycles. The van der Waals surface area contributed by atoms with E-state index >= 15 is 0 Å². The molecule has 0 aliphatic rings. The van der Waals surface area contributed by atoms with Crippen LogP contribution in [0, 0.1) is 0 Å². The lowest BCUT2D eigenvalue weighted by Crippen LogP contribution is -2.21. The van der Waals surface area contributed by atoms with Gasteiger partial charge in [-0.25, -0.2) is 0 Å². The molecule has 2 aromatic carbocycles. The number of hydrogen-bond donors (Lipinski definition) is 2. The third-order valence-corrected chi connectivity index (χ3v) is 4.06. The van der Waals surface area contributed by atoms with Crippen LogP contribution in [0.3, 0.4) is 0 Å². The van der Waals surface area contributed by atoms with Crippen molar-refractivity contribution in [2.45, 2.75) is 6.61 Å². The van der Waals surface area contributed by atoms with Gasteiger partial charge in [0.2, 0.25) is 5.96 Å². The molecule has 0 saturated carbocycles. The van der Waals surface area contributed by atoms with Gasteiger partial charge in [0, 0.05) is 11.6 Å². The lowest BCUT2D eigenvalue weighted by Gasteiger charge is -2.12. The summed E-state index contributed by atoms with van der Waals surface area (Å²) in [4.78, 5) is 0. The highest BCUT2D eigenvalue weighted by atomic mass is 35.5. The lowest BCUT2D eigenvalue weighted by molar-refractivity contribution is 0.297. The molecule has 0 heterocycles. The number of benzene rings is 2. The summed E-state index contributed by atoms with van der Waals surface area (Å²) >= 11 is 18.0. The molecule has 0 atom stereocenters. The number of rotatable bonds is 6. The monoisotopic (exact) mass is 400 g/mol. The molecule has 9 heteroatoms. The zero-order chi connectivity index (χ0) is 18.4. The number of guanidine groups is 1. The molecule has 0 spiro atoms. The molecule has 25 heavy (non-hydrogen) atoms. The van der Waals surface area contributed by atoms with Crippen molar-refractivity contribution in [3.05, 3.63) is 56.5 Å². The van der Waals surface area contributed by atoms with Crippen molar-refractivity contribution in [3.63, 3.8) is 0 Å². The smallest absolute Gasteiger partial charge is 0.211 e. The molecule has 0 unspecified atom stereocenters. The first-order valence-electron chi connectivity index (χ1n) is 6.97. The van der Waals surface area contributed by atoms with Gasteiger partial charge in [0.05, 0.1) is 28.4 Å². The minimum absolute atomic E-state index is 0.123. The normalized spacial score (nSPS) is 10.7. The maximum atomic E-state index is 6.11. The lowest BCUT2D eigenvalue weighted by atomic mass is 10.1. The summed E-state index contributed by atoms with van der Waals surface area (Å²) in [5.41, 5.74) is 12.0. The predicted octanol–water partition coefficient (Wildman–Crippen LogP) is 3.84. The average molecular weight is 402 g/mol. The zero-order valence-corrected chi connectivity index (χ0v) is 15.4. The molecule has 0 bridgehead atoms. The molecule has 2 rings (SSSR count). The second-order valence-corrected chi connectivity index (χ2v) is 6.05. The molecule has 0 amide bonds. The quantitative estimate of drug-likeness (QED) is 0.333. The Hall–Kier alpha value is -2.15. The molecule has 0 aliphatic heterocycles. The van der Waals surface area contributed by atoms with Crippen LogP contribution < -0.4 is 20.9 Å². The van der Waals surface area contributed by atoms with E-state index in [-0.39, 0.29) is 12.6 Å². The molecule has 132 valence electrons. The molecular weight excluding hydrogens is 387 g/mol. The van der Waals surface area contributed by atoms with Gasteiger partial charge in [0.25, 0.3) is 0 Å². The van der Waals surface area contributed by atoms with Crippen LogP contribution in [0.2, 0.25) is 15.1 Å². The molecule has 4 N–H and O–H groups in total. The largest absolute Gasteiger partial charge is 0.496 e. The molecule has 0 aromatic heterocycles. The first-order valence-corrected chi connectivity index (χ1v) is 8.10. The summed E-state index contributed by atoms with van der Waals surface area (Å²) in [5, 5.41) is 8.39. The summed E-state index contributed by atoms with van der Waals surface area (Å²) in [6.45, 7) is 0.199. The van der Waals surface area contributed by atoms with Crippen molar-refractivity contribution in [2.75, 3.05) is 7.11 Å². The minimum atomic E-state index is -0.123. The van der Waals surface area contributed by atoms with Crippen LogP contribution in [0.5, 0.6) is 11.5 Å². The SMILES string of the molecule is COc1ccc(C=NN=C(N)N)cc1COc1cc(Cl)c(Cl)cc1Cl. The Labute approximate surface area is 160 Å². The molecule has 0 radical (unpaired) electrons. The predicted molar refractivity (Wildman–Crippen MR) is 102 cm³/mol. The third kappa shape index (κ3) is 5.42. The summed E-state index contributed by atoms with van der Waals surface area (Å²) < 4.78 is 11.1. The van der Waals surface area contributed by atoms with Gasteiger partial charge in [-0.3, -0.25) is 0 Å². The first-order chi connectivity index (χ1) is 11.9. The van der Waals surface area contributed by atoms with Gasteiger partial charge in [0.15, 0.2) is 0 Å². The summed E-state index contributed by atoms with van der Waals surface area (Å²) in [6, 6.07) is 8.50. The van der Waals surface area contributed by atoms with E-state index in [1.54, 1.807) is 25.3 Å². The van der Waals surface area contributed by atoms with E-state index in [1.807, 2.05) is 6.07 Å². The van der Waals surface area contributed by atoms with Crippen molar-refractivity contribution in [1.29, 1.82) is 0 Å². The van der Waals surface area contributed by atoms with Crippen molar-refractivity contribution >= 4 is 47.0 Å². The fourth-order valence-electron chi connectivity index (χ4n) is 1.92. The average Bonchev–Trinajstić information content (AvgIpc) is 2.56. The molecular formula is C16H15Cl3N4O2. The number of methoxy groups -OCH3 is 1. The second kappa shape index (κ2) is 8.80. The van der Waals surface area contributed by atoms with Crippen LogP contribution in [0.15, 0.2) is 40.5 Å². The Morgan fingerprint density at radius 2 is 1.76 bits per heavy atom. The van der Waals surface area contributed by atoms with Crippen LogP contribution in [-0.4, -0.2) is 19.3 Å². The van der Waals surface area contributed by atoms with Gasteiger partial charge in [-0.15, -0.1) is 5.10 Å². The van der Waals surface area contributed by atoms with Crippen molar-refractivity contribution in [2.24, 2.45) is 21.7 Å². The molecule has 0 aliphatic carbocycles. The highest BCUT2D eigenvalue weighted by molar-refractivity contribution is 6.43. The van der Waals surface area contributed by atoms with Crippen LogP contribution >= 0.6 is 34.8 Å². The minimum Gasteiger partial charge on any atom is -0.496 e. The van der Waals surface area contributed by atoms with Gasteiger partial charge in [-0.2, -0.15) is 5.10 Å². The summed E-state index contributed by atoms with van der Waals surface area (Å²) in [6.07, 6.45) is 1.51. The van der Waals surface area contributed by atoms with E-state index in [9.17, 15) is 0 Å². The number of ether oxygens (including phenoxy) is 2. The van der Waals surface area contributed by atoms with Gasteiger partial charge < -0.3 is 20.9 Å². The summed E-state index contributed by atoms with van der Waals surface area (Å²) in [5.74, 6) is 0.940. The fraction of sp³-hybridized carbons (Fsp3) is 0.125. The number of halogens is 3. The fourth-order valence-corrected chi connectivity index (χ4v) is 2.52. The van der Waals surface area contributed by atoms with Gasteiger partial charge >= 0.3 is 0 Å². The van der Waals surface area contributed by atoms with Crippen LogP contribution in [0.25, 0.3) is 0 Å². The highest BCUT2D eigenvalue weighted by Crippen LogP contribution is 2.34. The molecule has 2 aromatic rings. The Bertz CT molecular complexity index is 821. The maximum absolute atomic E-state index is 6.11. The van der Waals surface area contributed by atoms with E-state index in [0.29, 0.717) is 26.6 Å². The van der Waals surface area contributed by atoms with Gasteiger partial charge in [0.1, 0.15) is 18.1 Å². The molecule has 6 nitrogen and oxygen atoms in total. The Morgan fingerprint density at radius 3 is 2.44 bits per heavy atom. The number of nitrogens with zero attached hydrogens (tertiary/aromatic N) is 2. The first kappa shape index (κ1) is 19.2. The topological polar surface area (TPSA) is 95.2 Å². The number of nitrogens with two attached hydrogens (primary N) is 2. The van der Waals surface area contributed by atoms with E-state index in [2.05, 4.69) is 10.2 Å². The highest BCUT2D eigenvalue weighted by Gasteiger charge is 2.10. The Balaban J connectivity index is 2.21. The zero-order valence-electron chi connectivity index (χ0n) is 13.2. The van der Waals surface area contributed by atoms with Crippen molar-refractivity contribution in [3.8, 4) is 11.5 Å². The summed E-state index contributed by atoms with van der Waals surface area (Å²) in [7, 11) is 1.57. The van der Waals surface area contributed by atoms with E-state index in [0.717, 1.165) is 11.1 Å². The Kier molecular flexibility index (Phi) is 6.75. The Morgan fingerprint density at radius 1 is 1.04 bits per heavy atom. The standard InChI is InChI=1S/C16H15Cl3N4O2/c1-24-14-3-2-9(7-22-23-16(20)21)4-10(14)8-25-15-6-12(18)11(17)5-13(15)19/h2-7H,8H2,1H3,(H4,20,21,23). The van der Waals surface area contributed by atoms with Crippen LogP contribution in [0.4, 0.5) is 0 Å². The van der Waals surface area contributed by atoms with Gasteiger partial charge in [-0.05, 0) is 29.8 Å². The second-order valence-electron chi connectivity index (χ2n) is 4.83. The van der Waals surface area contributed by atoms with E-state index < -0.39 is 0 Å². The maximum Gasteiger partial charge on any atom is 0.211 e. The van der Waals surface area contributed by atoms with E-state index in [1.165, 1.54) is 12.3 Å². The van der Waals surface area contributed by atoms with E-state index in [4.69, 9.17) is 55.7 Å².